The maximum absolute atomic E-state index is 5.52. The fourth-order valence-electron chi connectivity index (χ4n) is 6.23. The summed E-state index contributed by atoms with van der Waals surface area (Å²) in [4.78, 5) is -0.151. The fraction of sp³-hybridized carbons (Fsp3) is 1.00. The van der Waals surface area contributed by atoms with Crippen molar-refractivity contribution in [3.05, 3.63) is 0 Å². The van der Waals surface area contributed by atoms with Crippen LogP contribution in [0, 0.1) is 0 Å². The number of rotatable bonds is 38. The summed E-state index contributed by atoms with van der Waals surface area (Å²) in [5.41, 5.74) is 0. The van der Waals surface area contributed by atoms with Crippen molar-refractivity contribution in [3.63, 3.8) is 0 Å². The second kappa shape index (κ2) is 146. The van der Waals surface area contributed by atoms with Gasteiger partial charge >= 0.3 is 0 Å². The minimum absolute atomic E-state index is 0.151. The highest BCUT2D eigenvalue weighted by atomic mass is 35.5. The first kappa shape index (κ1) is 104. The molecule has 0 fully saturated rings. The van der Waals surface area contributed by atoms with Crippen molar-refractivity contribution >= 4 is 23.2 Å². The fourth-order valence-corrected chi connectivity index (χ4v) is 6.53. The zero-order valence-electron chi connectivity index (χ0n) is 59.0. The molecule has 0 spiro atoms. The van der Waals surface area contributed by atoms with Gasteiger partial charge < -0.3 is 0 Å². The molecule has 2 heteroatoms. The summed E-state index contributed by atoms with van der Waals surface area (Å²) in [7, 11) is 0. The quantitative estimate of drug-likeness (QED) is 0.0427. The van der Waals surface area contributed by atoms with E-state index in [1.807, 2.05) is 0 Å². The first-order chi connectivity index (χ1) is 36.3. The molecule has 0 aliphatic heterocycles. The summed E-state index contributed by atoms with van der Waals surface area (Å²) in [5.74, 6) is 0. The molecular weight excluding hydrogens is 948 g/mol. The van der Waals surface area contributed by atoms with Crippen molar-refractivity contribution in [2.45, 2.75) is 479 Å². The lowest BCUT2D eigenvalue weighted by molar-refractivity contribution is 0.650. The van der Waals surface area contributed by atoms with Crippen molar-refractivity contribution in [1.29, 1.82) is 0 Å². The van der Waals surface area contributed by atoms with E-state index in [0.717, 1.165) is 6.42 Å². The summed E-state index contributed by atoms with van der Waals surface area (Å²) in [5, 5.41) is 0. The van der Waals surface area contributed by atoms with Crippen molar-refractivity contribution in [3.8, 4) is 0 Å². The predicted octanol–water partition coefficient (Wildman–Crippen LogP) is 32.2. The first-order valence-corrected chi connectivity index (χ1v) is 36.5. The predicted molar refractivity (Wildman–Crippen MR) is 372 cm³/mol. The van der Waals surface area contributed by atoms with Crippen LogP contribution in [0.15, 0.2) is 0 Å². The smallest absolute Gasteiger partial charge is 0.105 e. The lowest BCUT2D eigenvalue weighted by Crippen LogP contribution is -1.85. The lowest BCUT2D eigenvalue weighted by atomic mass is 10.2. The van der Waals surface area contributed by atoms with E-state index < -0.39 is 0 Å². The van der Waals surface area contributed by atoms with E-state index in [0.29, 0.717) is 0 Å². The maximum Gasteiger partial charge on any atom is 0.107 e. The molecule has 0 nitrogen and oxygen atoms in total. The molecule has 0 unspecified atom stereocenters. The zero-order chi connectivity index (χ0) is 60.2. The Hall–Kier alpha value is 0.580. The Morgan fingerprint density at radius 1 is 0.133 bits per heavy atom. The minimum atomic E-state index is -0.151. The van der Waals surface area contributed by atoms with Crippen LogP contribution in [0.25, 0.3) is 0 Å². The van der Waals surface area contributed by atoms with Crippen LogP contribution in [0.5, 0.6) is 0 Å². The Bertz CT molecular complexity index is 408. The summed E-state index contributed by atoms with van der Waals surface area (Å²) in [6.07, 6.45) is 66.9. The first-order valence-electron chi connectivity index (χ1n) is 35.6. The van der Waals surface area contributed by atoms with Crippen LogP contribution in [0.3, 0.4) is 0 Å². The van der Waals surface area contributed by atoms with E-state index >= 15 is 0 Å². The van der Waals surface area contributed by atoms with Gasteiger partial charge in [-0.25, -0.2) is 0 Å². The molecule has 0 rings (SSSR count). The largest absolute Gasteiger partial charge is 0.107 e. The van der Waals surface area contributed by atoms with E-state index in [9.17, 15) is 0 Å². The van der Waals surface area contributed by atoms with Gasteiger partial charge in [0, 0.05) is 0 Å². The molecule has 0 saturated heterocycles. The van der Waals surface area contributed by atoms with E-state index in [4.69, 9.17) is 23.2 Å². The van der Waals surface area contributed by atoms with Crippen LogP contribution < -0.4 is 0 Å². The SMILES string of the molecule is CCCCCC.CCCCCC.CCCCCC.CCCCCC.CCCCCC.CCCCCC.CCCCCC.CCCCCC.CCCCCC.CCCCCC.CCCCCC.CCCCCCC(Cl)Cl. The Kier molecular flexibility index (Phi) is 203. The van der Waals surface area contributed by atoms with Gasteiger partial charge in [0.05, 0.1) is 0 Å². The van der Waals surface area contributed by atoms with Crippen LogP contribution in [0.1, 0.15) is 474 Å². The topological polar surface area (TPSA) is 0 Å². The van der Waals surface area contributed by atoms with Gasteiger partial charge in [-0.2, -0.15) is 0 Å². The monoisotopic (exact) mass is 1120 g/mol. The third-order valence-corrected chi connectivity index (χ3v) is 12.2. The normalized spacial score (nSPS) is 9.20. The molecule has 0 saturated carbocycles. The summed E-state index contributed by atoms with van der Waals surface area (Å²) >= 11 is 11.0. The number of hydrogen-bond donors (Lipinski definition) is 0. The highest BCUT2D eigenvalue weighted by Gasteiger charge is 1.96. The molecule has 0 aromatic carbocycles. The zero-order valence-corrected chi connectivity index (χ0v) is 60.5. The van der Waals surface area contributed by atoms with Gasteiger partial charge in [-0.3, -0.25) is 0 Å². The van der Waals surface area contributed by atoms with Gasteiger partial charge in [-0.1, -0.05) is 467 Å². The molecule has 0 amide bonds. The third kappa shape index (κ3) is 251. The maximum atomic E-state index is 5.52. The average molecular weight is 1120 g/mol. The number of alkyl halides is 2. The average Bonchev–Trinajstić information content (AvgIpc) is 3.43. The molecule has 0 aliphatic rings. The van der Waals surface area contributed by atoms with Gasteiger partial charge in [0.1, 0.15) is 4.84 Å². The highest BCUT2D eigenvalue weighted by molar-refractivity contribution is 6.44. The standard InChI is InChI=1S/C7H14Cl2.11C6H14/c1-2-3-4-5-6-7(8)9;11*1-3-5-6-4-2/h7H,2-6H2,1H3;11*3-6H2,1-2H3. The highest BCUT2D eigenvalue weighted by Crippen LogP contribution is 2.12. The molecule has 0 atom stereocenters. The van der Waals surface area contributed by atoms with Crippen LogP contribution in [-0.4, -0.2) is 4.84 Å². The van der Waals surface area contributed by atoms with E-state index in [1.54, 1.807) is 0 Å². The van der Waals surface area contributed by atoms with Crippen molar-refractivity contribution in [2.24, 2.45) is 0 Å². The van der Waals surface area contributed by atoms with Gasteiger partial charge in [0.2, 0.25) is 0 Å². The molecule has 474 valence electrons. The van der Waals surface area contributed by atoms with Crippen LogP contribution in [-0.2, 0) is 0 Å². The number of hydrogen-bond acceptors (Lipinski definition) is 0. The Balaban J connectivity index is -0.0000000579. The van der Waals surface area contributed by atoms with Gasteiger partial charge in [-0.15, -0.1) is 23.2 Å². The lowest BCUT2D eigenvalue weighted by Gasteiger charge is -1.98. The molecule has 0 heterocycles. The summed E-state index contributed by atoms with van der Waals surface area (Å²) < 4.78 is 0. The van der Waals surface area contributed by atoms with Gasteiger partial charge in [-0.05, 0) is 6.42 Å². The Morgan fingerprint density at radius 2 is 0.213 bits per heavy atom. The van der Waals surface area contributed by atoms with Crippen molar-refractivity contribution in [2.75, 3.05) is 0 Å². The molecule has 0 aromatic rings. The summed E-state index contributed by atoms with van der Waals surface area (Å²) in [6, 6.07) is 0. The molecule has 0 bridgehead atoms. The van der Waals surface area contributed by atoms with Crippen LogP contribution in [0.2, 0.25) is 0 Å². The number of unbranched alkanes of at least 4 members (excludes halogenated alkanes) is 36. The van der Waals surface area contributed by atoms with Gasteiger partial charge in [0.15, 0.2) is 0 Å². The van der Waals surface area contributed by atoms with Crippen LogP contribution >= 0.6 is 23.2 Å². The van der Waals surface area contributed by atoms with Gasteiger partial charge in [0.25, 0.3) is 0 Å². The van der Waals surface area contributed by atoms with Crippen molar-refractivity contribution < 1.29 is 0 Å². The molecule has 0 aliphatic carbocycles. The number of halogens is 2. The summed E-state index contributed by atoms with van der Waals surface area (Å²) in [6.45, 7) is 51.3. The minimum Gasteiger partial charge on any atom is -0.105 e. The second-order valence-corrected chi connectivity index (χ2v) is 22.3. The third-order valence-electron chi connectivity index (χ3n) is 11.8. The van der Waals surface area contributed by atoms with Crippen molar-refractivity contribution in [1.82, 2.24) is 0 Å². The molecule has 0 radical (unpaired) electrons. The Morgan fingerprint density at radius 3 is 0.280 bits per heavy atom. The van der Waals surface area contributed by atoms with Crippen LogP contribution in [0.4, 0.5) is 0 Å². The van der Waals surface area contributed by atoms with E-state index in [2.05, 4.69) is 159 Å². The Labute approximate surface area is 499 Å². The van der Waals surface area contributed by atoms with E-state index in [1.165, 1.54) is 308 Å². The second-order valence-electron chi connectivity index (χ2n) is 21.0. The molecule has 75 heavy (non-hydrogen) atoms. The molecular formula is C73H168Cl2. The molecule has 0 aromatic heterocycles. The molecule has 0 N–H and O–H groups in total. The van der Waals surface area contributed by atoms with E-state index in [-0.39, 0.29) is 4.84 Å².